The Kier molecular flexibility index (Phi) is 2.54. The van der Waals surface area contributed by atoms with Crippen LogP contribution in [0.15, 0.2) is 6.20 Å². The molecule has 0 saturated heterocycles. The number of anilines is 1. The van der Waals surface area contributed by atoms with Gasteiger partial charge in [0.1, 0.15) is 6.54 Å². The highest BCUT2D eigenvalue weighted by molar-refractivity contribution is 5.70. The summed E-state index contributed by atoms with van der Waals surface area (Å²) >= 11 is 0. The molecule has 20 heavy (non-hydrogen) atoms. The van der Waals surface area contributed by atoms with E-state index in [0.29, 0.717) is 0 Å². The number of nitrogens with two attached hydrogens (primary N) is 1. The van der Waals surface area contributed by atoms with Crippen LogP contribution in [0.2, 0.25) is 0 Å². The van der Waals surface area contributed by atoms with Crippen LogP contribution in [0.25, 0.3) is 11.4 Å². The molecule has 2 heterocycles. The van der Waals surface area contributed by atoms with Crippen molar-refractivity contribution in [2.75, 3.05) is 5.73 Å². The second kappa shape index (κ2) is 4.04. The third-order valence-corrected chi connectivity index (χ3v) is 3.76. The number of hydrogen-bond donors (Lipinski definition) is 1. The average Bonchev–Trinajstić information content (AvgIpc) is 2.69. The van der Waals surface area contributed by atoms with Crippen molar-refractivity contribution in [3.8, 4) is 17.5 Å². The molecule has 0 saturated carbocycles. The fourth-order valence-corrected chi connectivity index (χ4v) is 3.13. The second-order valence-corrected chi connectivity index (χ2v) is 5.79. The van der Waals surface area contributed by atoms with Crippen LogP contribution in [-0.2, 0) is 18.4 Å². The molecule has 0 fully saturated rings. The smallest absolute Gasteiger partial charge is 0.220 e. The first-order valence-corrected chi connectivity index (χ1v) is 6.50. The molecule has 0 amide bonds. The van der Waals surface area contributed by atoms with Crippen molar-refractivity contribution >= 4 is 5.95 Å². The van der Waals surface area contributed by atoms with Gasteiger partial charge in [0.05, 0.1) is 23.2 Å². The molecule has 3 rings (SSSR count). The predicted molar refractivity (Wildman–Crippen MR) is 74.7 cm³/mol. The normalized spacial score (nSPS) is 15.3. The maximum Gasteiger partial charge on any atom is 0.220 e. The first-order chi connectivity index (χ1) is 9.44. The number of fused-ring (bicyclic) bond motifs is 3. The lowest BCUT2D eigenvalue weighted by molar-refractivity contribution is 0.510. The highest BCUT2D eigenvalue weighted by Crippen LogP contribution is 2.43. The van der Waals surface area contributed by atoms with Crippen molar-refractivity contribution in [2.24, 2.45) is 0 Å². The van der Waals surface area contributed by atoms with Crippen molar-refractivity contribution in [3.05, 3.63) is 23.0 Å². The average molecular weight is 268 g/mol. The second-order valence-electron chi connectivity index (χ2n) is 5.79. The first-order valence-electron chi connectivity index (χ1n) is 6.50. The number of aromatic nitrogens is 4. The summed E-state index contributed by atoms with van der Waals surface area (Å²) in [6.07, 6.45) is 2.62. The van der Waals surface area contributed by atoms with E-state index in [9.17, 15) is 0 Å². The van der Waals surface area contributed by atoms with E-state index in [0.717, 1.165) is 34.6 Å². The Hall–Kier alpha value is -2.42. The fourth-order valence-electron chi connectivity index (χ4n) is 3.13. The molecule has 0 aromatic carbocycles. The Morgan fingerprint density at radius 3 is 2.95 bits per heavy atom. The maximum atomic E-state index is 8.99. The van der Waals surface area contributed by atoms with Crippen LogP contribution in [0.1, 0.15) is 30.7 Å². The number of nitrogen functional groups attached to an aromatic ring is 1. The molecule has 6 nitrogen and oxygen atoms in total. The highest BCUT2D eigenvalue weighted by Gasteiger charge is 2.37. The largest absolute Gasteiger partial charge is 0.368 e. The molecule has 2 N–H and O–H groups in total. The molecule has 0 radical (unpaired) electrons. The Balaban J connectivity index is 2.36. The van der Waals surface area contributed by atoms with Gasteiger partial charge in [-0.25, -0.2) is 14.6 Å². The predicted octanol–water partition coefficient (Wildman–Crippen LogP) is 1.59. The van der Waals surface area contributed by atoms with E-state index in [1.165, 1.54) is 0 Å². The van der Waals surface area contributed by atoms with E-state index in [4.69, 9.17) is 11.0 Å². The van der Waals surface area contributed by atoms with Gasteiger partial charge in [-0.3, -0.25) is 0 Å². The summed E-state index contributed by atoms with van der Waals surface area (Å²) in [7, 11) is 0. The molecule has 102 valence electrons. The van der Waals surface area contributed by atoms with E-state index < -0.39 is 0 Å². The third-order valence-electron chi connectivity index (χ3n) is 3.76. The molecule has 0 unspecified atom stereocenters. The number of nitriles is 1. The van der Waals surface area contributed by atoms with Gasteiger partial charge in [-0.15, -0.1) is 0 Å². The number of hydrogen-bond acceptors (Lipinski definition) is 5. The van der Waals surface area contributed by atoms with E-state index >= 15 is 0 Å². The van der Waals surface area contributed by atoms with Crippen molar-refractivity contribution in [1.29, 1.82) is 5.26 Å². The minimum Gasteiger partial charge on any atom is -0.368 e. The monoisotopic (exact) mass is 268 g/mol. The number of rotatable bonds is 1. The summed E-state index contributed by atoms with van der Waals surface area (Å²) in [5.41, 5.74) is 10.5. The van der Waals surface area contributed by atoms with Crippen molar-refractivity contribution in [3.63, 3.8) is 0 Å². The lowest BCUT2D eigenvalue weighted by Crippen LogP contribution is -2.27. The first kappa shape index (κ1) is 12.6. The zero-order valence-electron chi connectivity index (χ0n) is 11.8. The van der Waals surface area contributed by atoms with Gasteiger partial charge >= 0.3 is 0 Å². The van der Waals surface area contributed by atoms with Crippen molar-refractivity contribution < 1.29 is 0 Å². The number of nitrogens with zero attached hydrogens (tertiary/aromatic N) is 5. The van der Waals surface area contributed by atoms with Crippen LogP contribution in [-0.4, -0.2) is 19.7 Å². The van der Waals surface area contributed by atoms with Crippen molar-refractivity contribution in [1.82, 2.24) is 19.7 Å². The van der Waals surface area contributed by atoms with E-state index in [2.05, 4.69) is 35.0 Å². The molecule has 0 bridgehead atoms. The molecule has 1 aliphatic rings. The van der Waals surface area contributed by atoms with Gasteiger partial charge in [-0.05, 0) is 24.3 Å². The molecule has 1 aliphatic carbocycles. The van der Waals surface area contributed by atoms with Crippen LogP contribution in [0.3, 0.4) is 0 Å². The minimum absolute atomic E-state index is 0.0560. The summed E-state index contributed by atoms with van der Waals surface area (Å²) in [6, 6.07) is 2.15. The SMILES string of the molecule is Cc1nn(CC#N)c2c1C(C)(C)Cc1cnc(N)nc1-2. The maximum absolute atomic E-state index is 8.99. The molecule has 6 heteroatoms. The van der Waals surface area contributed by atoms with Crippen molar-refractivity contribution in [2.45, 2.75) is 39.2 Å². The third kappa shape index (κ3) is 1.67. The lowest BCUT2D eigenvalue weighted by atomic mass is 9.73. The number of aryl methyl sites for hydroxylation is 1. The van der Waals surface area contributed by atoms with Crippen LogP contribution < -0.4 is 5.73 Å². The Labute approximate surface area is 117 Å². The molecule has 0 aliphatic heterocycles. The van der Waals surface area contributed by atoms with Crippen LogP contribution >= 0.6 is 0 Å². The van der Waals surface area contributed by atoms with Gasteiger partial charge in [-0.2, -0.15) is 10.4 Å². The van der Waals surface area contributed by atoms with Gasteiger partial charge in [0.25, 0.3) is 0 Å². The summed E-state index contributed by atoms with van der Waals surface area (Å²) in [4.78, 5) is 8.46. The quantitative estimate of drug-likeness (QED) is 0.847. The zero-order valence-corrected chi connectivity index (χ0v) is 11.8. The zero-order chi connectivity index (χ0) is 14.5. The molecule has 2 aromatic heterocycles. The Bertz CT molecular complexity index is 735. The summed E-state index contributed by atoms with van der Waals surface area (Å²) in [5, 5.41) is 13.5. The van der Waals surface area contributed by atoms with Gasteiger partial charge in [0.2, 0.25) is 5.95 Å². The molecular weight excluding hydrogens is 252 g/mol. The minimum atomic E-state index is -0.0560. The summed E-state index contributed by atoms with van der Waals surface area (Å²) < 4.78 is 1.72. The van der Waals surface area contributed by atoms with Gasteiger partial charge in [0, 0.05) is 11.8 Å². The standard InChI is InChI=1S/C14H16N6/c1-8-10-12(20(19-8)5-4-15)11-9(6-14(10,2)3)7-17-13(16)18-11/h7H,5-6H2,1-3H3,(H2,16,17,18). The van der Waals surface area contributed by atoms with Crippen LogP contribution in [0.4, 0.5) is 5.95 Å². The molecule has 0 atom stereocenters. The van der Waals surface area contributed by atoms with Gasteiger partial charge in [0.15, 0.2) is 0 Å². The van der Waals surface area contributed by atoms with E-state index in [1.807, 2.05) is 6.92 Å². The molecule has 2 aromatic rings. The Morgan fingerprint density at radius 1 is 1.50 bits per heavy atom. The van der Waals surface area contributed by atoms with Crippen LogP contribution in [0.5, 0.6) is 0 Å². The Morgan fingerprint density at radius 2 is 2.25 bits per heavy atom. The summed E-state index contributed by atoms with van der Waals surface area (Å²) in [6.45, 7) is 6.53. The van der Waals surface area contributed by atoms with Crippen LogP contribution in [0, 0.1) is 18.3 Å². The van der Waals surface area contributed by atoms with E-state index in [1.54, 1.807) is 10.9 Å². The fraction of sp³-hybridized carbons (Fsp3) is 0.429. The molecular formula is C14H16N6. The van der Waals surface area contributed by atoms with Gasteiger partial charge < -0.3 is 5.73 Å². The van der Waals surface area contributed by atoms with E-state index in [-0.39, 0.29) is 17.9 Å². The topological polar surface area (TPSA) is 93.4 Å². The molecule has 0 spiro atoms. The lowest BCUT2D eigenvalue weighted by Gasteiger charge is -2.31. The highest BCUT2D eigenvalue weighted by atomic mass is 15.3. The summed E-state index contributed by atoms with van der Waals surface area (Å²) in [5.74, 6) is 0.247. The van der Waals surface area contributed by atoms with Gasteiger partial charge in [-0.1, -0.05) is 13.8 Å².